The second-order valence-electron chi connectivity index (χ2n) is 5.54. The Balaban J connectivity index is 1.74. The monoisotopic (exact) mass is 298 g/mol. The van der Waals surface area contributed by atoms with Gasteiger partial charge in [-0.25, -0.2) is 0 Å². The zero-order valence-corrected chi connectivity index (χ0v) is 12.5. The number of carbonyl (C=O) groups excluding carboxylic acids is 1. The van der Waals surface area contributed by atoms with Gasteiger partial charge in [-0.3, -0.25) is 9.78 Å². The van der Waals surface area contributed by atoms with E-state index in [1.807, 2.05) is 12.1 Å². The van der Waals surface area contributed by atoms with Crippen LogP contribution in [0.2, 0.25) is 0 Å². The fourth-order valence-corrected chi connectivity index (χ4v) is 2.80. The number of amides is 1. The summed E-state index contributed by atoms with van der Waals surface area (Å²) in [4.78, 5) is 20.6. The number of nitrogens with one attached hydrogen (secondary N) is 1. The van der Waals surface area contributed by atoms with Crippen LogP contribution in [0.25, 0.3) is 6.08 Å². The summed E-state index contributed by atoms with van der Waals surface area (Å²) in [5.41, 5.74) is 0.377. The minimum atomic E-state index is -0.506. The van der Waals surface area contributed by atoms with Crippen molar-refractivity contribution in [1.82, 2.24) is 20.4 Å². The van der Waals surface area contributed by atoms with Gasteiger partial charge in [-0.15, -0.1) is 0 Å². The summed E-state index contributed by atoms with van der Waals surface area (Å²) < 4.78 is 5.07. The number of pyridine rings is 1. The number of hydrogen-bond acceptors (Lipinski definition) is 5. The maximum absolute atomic E-state index is 12.3. The molecule has 0 saturated heterocycles. The molecule has 2 aromatic heterocycles. The van der Waals surface area contributed by atoms with E-state index >= 15 is 0 Å². The summed E-state index contributed by atoms with van der Waals surface area (Å²) in [6.45, 7) is 1.75. The first-order chi connectivity index (χ1) is 10.7. The zero-order valence-electron chi connectivity index (χ0n) is 12.5. The van der Waals surface area contributed by atoms with Gasteiger partial charge in [0.15, 0.2) is 5.82 Å². The van der Waals surface area contributed by atoms with Crippen molar-refractivity contribution < 1.29 is 9.32 Å². The Hall–Kier alpha value is -2.50. The molecule has 0 radical (unpaired) electrons. The maximum Gasteiger partial charge on any atom is 0.244 e. The fraction of sp³-hybridized carbons (Fsp3) is 0.375. The Labute approximate surface area is 128 Å². The van der Waals surface area contributed by atoms with Gasteiger partial charge in [-0.05, 0) is 30.5 Å². The van der Waals surface area contributed by atoms with Gasteiger partial charge >= 0.3 is 0 Å². The topological polar surface area (TPSA) is 80.9 Å². The number of rotatable bonds is 4. The van der Waals surface area contributed by atoms with Crippen molar-refractivity contribution in [1.29, 1.82) is 0 Å². The van der Waals surface area contributed by atoms with Crippen LogP contribution in [0.1, 0.15) is 43.0 Å². The second-order valence-corrected chi connectivity index (χ2v) is 5.54. The van der Waals surface area contributed by atoms with E-state index in [0.717, 1.165) is 31.2 Å². The van der Waals surface area contributed by atoms with Crippen molar-refractivity contribution in [3.8, 4) is 0 Å². The summed E-state index contributed by atoms with van der Waals surface area (Å²) in [6.07, 6.45) is 10.4. The molecule has 0 bridgehead atoms. The molecule has 1 saturated carbocycles. The van der Waals surface area contributed by atoms with E-state index < -0.39 is 5.54 Å². The predicted molar refractivity (Wildman–Crippen MR) is 80.6 cm³/mol. The molecule has 1 fully saturated rings. The van der Waals surface area contributed by atoms with Gasteiger partial charge in [0, 0.05) is 25.4 Å². The lowest BCUT2D eigenvalue weighted by atomic mass is 9.96. The van der Waals surface area contributed by atoms with Crippen molar-refractivity contribution in [3.05, 3.63) is 47.9 Å². The highest BCUT2D eigenvalue weighted by atomic mass is 16.5. The van der Waals surface area contributed by atoms with Gasteiger partial charge in [-0.1, -0.05) is 24.1 Å². The lowest BCUT2D eigenvalue weighted by Crippen LogP contribution is -2.44. The van der Waals surface area contributed by atoms with E-state index in [0.29, 0.717) is 11.7 Å². The highest BCUT2D eigenvalue weighted by molar-refractivity contribution is 5.92. The number of nitrogens with zero attached hydrogens (tertiary/aromatic N) is 3. The zero-order chi connectivity index (χ0) is 15.4. The van der Waals surface area contributed by atoms with Crippen molar-refractivity contribution in [2.24, 2.45) is 0 Å². The van der Waals surface area contributed by atoms with Crippen LogP contribution < -0.4 is 5.32 Å². The SMILES string of the molecule is Cc1nc(C2(NC(=O)/C=C/c3cccnc3)CCCC2)no1. The minimum Gasteiger partial charge on any atom is -0.340 e. The van der Waals surface area contributed by atoms with E-state index in [1.165, 1.54) is 6.08 Å². The van der Waals surface area contributed by atoms with E-state index in [2.05, 4.69) is 20.4 Å². The van der Waals surface area contributed by atoms with Crippen molar-refractivity contribution in [3.63, 3.8) is 0 Å². The van der Waals surface area contributed by atoms with Gasteiger partial charge in [0.1, 0.15) is 5.54 Å². The molecule has 1 amide bonds. The molecule has 2 heterocycles. The van der Waals surface area contributed by atoms with Gasteiger partial charge in [0.2, 0.25) is 11.8 Å². The molecule has 6 heteroatoms. The molecule has 1 N–H and O–H groups in total. The average molecular weight is 298 g/mol. The highest BCUT2D eigenvalue weighted by Gasteiger charge is 2.40. The normalized spacial score (nSPS) is 17.0. The molecule has 114 valence electrons. The quantitative estimate of drug-likeness (QED) is 0.876. The summed E-state index contributed by atoms with van der Waals surface area (Å²) >= 11 is 0. The smallest absolute Gasteiger partial charge is 0.244 e. The van der Waals surface area contributed by atoms with Crippen LogP contribution in [0, 0.1) is 6.92 Å². The number of hydrogen-bond donors (Lipinski definition) is 1. The molecule has 1 aliphatic carbocycles. The Bertz CT molecular complexity index is 672. The maximum atomic E-state index is 12.3. The van der Waals surface area contributed by atoms with Gasteiger partial charge in [0.25, 0.3) is 0 Å². The van der Waals surface area contributed by atoms with E-state index in [1.54, 1.807) is 25.4 Å². The van der Waals surface area contributed by atoms with Gasteiger partial charge in [-0.2, -0.15) is 4.98 Å². The van der Waals surface area contributed by atoms with Crippen LogP contribution in [0.15, 0.2) is 35.1 Å². The lowest BCUT2D eigenvalue weighted by molar-refractivity contribution is -0.118. The van der Waals surface area contributed by atoms with Crippen LogP contribution >= 0.6 is 0 Å². The van der Waals surface area contributed by atoms with Crippen LogP contribution in [0.4, 0.5) is 0 Å². The third-order valence-electron chi connectivity index (χ3n) is 3.89. The first-order valence-electron chi connectivity index (χ1n) is 7.39. The van der Waals surface area contributed by atoms with E-state index in [-0.39, 0.29) is 5.91 Å². The predicted octanol–water partition coefficient (Wildman–Crippen LogP) is 2.37. The lowest BCUT2D eigenvalue weighted by Gasteiger charge is -2.25. The van der Waals surface area contributed by atoms with Crippen LogP contribution in [0.3, 0.4) is 0 Å². The Morgan fingerprint density at radius 2 is 2.23 bits per heavy atom. The Morgan fingerprint density at radius 1 is 1.41 bits per heavy atom. The molecule has 0 spiro atoms. The number of aryl methyl sites for hydroxylation is 1. The van der Waals surface area contributed by atoms with E-state index in [4.69, 9.17) is 4.52 Å². The largest absolute Gasteiger partial charge is 0.340 e. The fourth-order valence-electron chi connectivity index (χ4n) is 2.80. The number of aromatic nitrogens is 3. The summed E-state index contributed by atoms with van der Waals surface area (Å²) in [5.74, 6) is 0.931. The minimum absolute atomic E-state index is 0.159. The first kappa shape index (κ1) is 14.4. The van der Waals surface area contributed by atoms with Gasteiger partial charge in [0.05, 0.1) is 0 Å². The third kappa shape index (κ3) is 3.05. The molecule has 1 aliphatic rings. The standard InChI is InChI=1S/C16H18N4O2/c1-12-18-15(20-22-12)16(8-2-3-9-16)19-14(21)7-6-13-5-4-10-17-11-13/h4-7,10-11H,2-3,8-9H2,1H3,(H,19,21)/b7-6+. The van der Waals surface area contributed by atoms with Crippen molar-refractivity contribution in [2.75, 3.05) is 0 Å². The second kappa shape index (κ2) is 6.09. The Morgan fingerprint density at radius 3 is 2.86 bits per heavy atom. The van der Waals surface area contributed by atoms with Gasteiger partial charge < -0.3 is 9.84 Å². The summed E-state index contributed by atoms with van der Waals surface area (Å²) in [7, 11) is 0. The summed E-state index contributed by atoms with van der Waals surface area (Å²) in [5, 5.41) is 7.07. The van der Waals surface area contributed by atoms with Crippen LogP contribution in [-0.4, -0.2) is 21.0 Å². The Kier molecular flexibility index (Phi) is 4.00. The van der Waals surface area contributed by atoms with Crippen LogP contribution in [0.5, 0.6) is 0 Å². The molecule has 0 aromatic carbocycles. The van der Waals surface area contributed by atoms with Crippen molar-refractivity contribution >= 4 is 12.0 Å². The highest BCUT2D eigenvalue weighted by Crippen LogP contribution is 2.37. The third-order valence-corrected chi connectivity index (χ3v) is 3.89. The van der Waals surface area contributed by atoms with Crippen LogP contribution in [-0.2, 0) is 10.3 Å². The molecular formula is C16H18N4O2. The molecule has 0 aliphatic heterocycles. The molecule has 2 aromatic rings. The molecule has 3 rings (SSSR count). The average Bonchev–Trinajstić information content (AvgIpc) is 3.16. The molecule has 0 unspecified atom stereocenters. The molecule has 22 heavy (non-hydrogen) atoms. The molecular weight excluding hydrogens is 280 g/mol. The van der Waals surface area contributed by atoms with Crippen molar-refractivity contribution in [2.45, 2.75) is 38.1 Å². The molecule has 6 nitrogen and oxygen atoms in total. The summed E-state index contributed by atoms with van der Waals surface area (Å²) in [6, 6.07) is 3.72. The van der Waals surface area contributed by atoms with E-state index in [9.17, 15) is 4.79 Å². The first-order valence-corrected chi connectivity index (χ1v) is 7.39. The number of carbonyl (C=O) groups is 1. The molecule has 0 atom stereocenters.